The van der Waals surface area contributed by atoms with Gasteiger partial charge in [-0.3, -0.25) is 4.18 Å². The van der Waals surface area contributed by atoms with E-state index in [1.165, 1.54) is 24.0 Å². The second kappa shape index (κ2) is 11.6. The van der Waals surface area contributed by atoms with Crippen LogP contribution in [0, 0.1) is 0 Å². The molecule has 108 valence electrons. The summed E-state index contributed by atoms with van der Waals surface area (Å²) in [6, 6.07) is 7.30. The van der Waals surface area contributed by atoms with Crippen molar-refractivity contribution in [2.45, 2.75) is 31.8 Å². The summed E-state index contributed by atoms with van der Waals surface area (Å²) >= 11 is 5.51. The predicted molar refractivity (Wildman–Crippen MR) is 89.2 cm³/mol. The van der Waals surface area contributed by atoms with Gasteiger partial charge in [0.2, 0.25) is 0 Å². The van der Waals surface area contributed by atoms with Gasteiger partial charge >= 0.3 is 42.6 Å². The molecule has 6 heteroatoms. The number of rotatable bonds is 6. The van der Waals surface area contributed by atoms with E-state index in [2.05, 4.69) is 44.8 Å². The van der Waals surface area contributed by atoms with Crippen molar-refractivity contribution in [1.29, 1.82) is 0 Å². The molecule has 0 bridgehead atoms. The third-order valence-electron chi connectivity index (χ3n) is 2.29. The van der Waals surface area contributed by atoms with Crippen LogP contribution < -0.4 is 0 Å². The molecule has 0 saturated heterocycles. The molecule has 1 rings (SSSR count). The van der Waals surface area contributed by atoms with Crippen LogP contribution in [0.1, 0.15) is 32.3 Å². The molecule has 20 heavy (non-hydrogen) atoms. The normalized spacial score (nSPS) is 11.2. The Morgan fingerprint density at radius 3 is 2.25 bits per heavy atom. The number of unbranched alkanes of at least 4 members (excludes halogenated alkanes) is 1. The summed E-state index contributed by atoms with van der Waals surface area (Å²) in [5, 5.41) is 2.40. The molecule has 0 spiro atoms. The molecule has 0 heterocycles. The van der Waals surface area contributed by atoms with Gasteiger partial charge in [0.15, 0.2) is 0 Å². The van der Waals surface area contributed by atoms with Crippen molar-refractivity contribution in [2.75, 3.05) is 6.61 Å². The van der Waals surface area contributed by atoms with E-state index in [1.807, 2.05) is 24.3 Å². The Kier molecular flexibility index (Phi) is 11.6. The summed E-state index contributed by atoms with van der Waals surface area (Å²) in [5.74, 6) is 0. The molecule has 0 amide bonds. The maximum atomic E-state index is 11.2. The molecule has 0 fully saturated rings. The summed E-state index contributed by atoms with van der Waals surface area (Å²) in [4.78, 5) is 0. The van der Waals surface area contributed by atoms with Crippen molar-refractivity contribution in [3.05, 3.63) is 39.7 Å². The third-order valence-corrected chi connectivity index (χ3v) is 3.85. The summed E-state index contributed by atoms with van der Waals surface area (Å²) in [6.07, 6.45) is 4.23. The van der Waals surface area contributed by atoms with Gasteiger partial charge in [0.1, 0.15) is 0 Å². The number of hydrogen-bond acceptors (Lipinski definition) is 3. The Bertz CT molecular complexity index is 482. The van der Waals surface area contributed by atoms with E-state index in [1.54, 1.807) is 6.92 Å². The van der Waals surface area contributed by atoms with Crippen LogP contribution in [-0.2, 0) is 14.3 Å². The zero-order chi connectivity index (χ0) is 15.4. The Balaban J connectivity index is 0.000000621. The standard InChI is InChI=1S/C10H11BrO3S.C4H9.Li/c1-2-14-15(12,13)8-7-9-3-5-10(11)6-4-9;1-3-4-2;/h3-8H,2H2,1H3;1,3-4H2,2H3;. The fourth-order valence-corrected chi connectivity index (χ4v) is 2.29. The fourth-order valence-electron chi connectivity index (χ4n) is 1.29. The van der Waals surface area contributed by atoms with Crippen LogP contribution in [-0.4, -0.2) is 32.7 Å². The quantitative estimate of drug-likeness (QED) is 0.569. The third kappa shape index (κ3) is 10.7. The molecule has 0 unspecified atom stereocenters. The second-order valence-electron chi connectivity index (χ2n) is 4.11. The van der Waals surface area contributed by atoms with Gasteiger partial charge in [-0.15, -0.1) is 0 Å². The molecule has 1 aromatic carbocycles. The summed E-state index contributed by atoms with van der Waals surface area (Å²) in [5.41, 5.74) is 0.807. The molecular formula is C14H20BrLiO3S. The number of benzene rings is 1. The van der Waals surface area contributed by atoms with Crippen molar-refractivity contribution in [2.24, 2.45) is 0 Å². The zero-order valence-corrected chi connectivity index (χ0v) is 14.7. The number of hydrogen-bond donors (Lipinski definition) is 0. The minimum absolute atomic E-state index is 0.146. The topological polar surface area (TPSA) is 43.4 Å². The van der Waals surface area contributed by atoms with E-state index >= 15 is 0 Å². The molecule has 1 aromatic rings. The SMILES string of the molecule is CCOS(=O)(=O)C=Cc1ccc(Br)cc1.[Li][CH2]CCC. The van der Waals surface area contributed by atoms with Gasteiger partial charge in [-0.1, -0.05) is 28.1 Å². The van der Waals surface area contributed by atoms with Crippen molar-refractivity contribution in [3.63, 3.8) is 0 Å². The molecule has 3 nitrogen and oxygen atoms in total. The average molecular weight is 355 g/mol. The van der Waals surface area contributed by atoms with Crippen molar-refractivity contribution in [1.82, 2.24) is 0 Å². The number of halogens is 1. The average Bonchev–Trinajstić information content (AvgIpc) is 2.40. The van der Waals surface area contributed by atoms with Crippen LogP contribution >= 0.6 is 15.9 Å². The van der Waals surface area contributed by atoms with Crippen molar-refractivity contribution >= 4 is 49.8 Å². The van der Waals surface area contributed by atoms with Gasteiger partial charge in [-0.05, 0) is 30.7 Å². The van der Waals surface area contributed by atoms with Gasteiger partial charge < -0.3 is 0 Å². The Morgan fingerprint density at radius 2 is 1.85 bits per heavy atom. The van der Waals surface area contributed by atoms with Gasteiger partial charge in [0.05, 0.1) is 12.0 Å². The van der Waals surface area contributed by atoms with E-state index < -0.39 is 10.1 Å². The fraction of sp³-hybridized carbons (Fsp3) is 0.429. The van der Waals surface area contributed by atoms with E-state index in [9.17, 15) is 8.42 Å². The van der Waals surface area contributed by atoms with E-state index in [-0.39, 0.29) is 6.61 Å². The molecule has 0 N–H and O–H groups in total. The predicted octanol–water partition coefficient (Wildman–Crippen LogP) is 4.16. The molecule has 0 aliphatic rings. The molecule has 0 atom stereocenters. The summed E-state index contributed by atoms with van der Waals surface area (Å²) < 4.78 is 27.8. The Morgan fingerprint density at radius 1 is 1.25 bits per heavy atom. The van der Waals surface area contributed by atoms with Crippen LogP contribution in [0.4, 0.5) is 0 Å². The molecule has 0 aliphatic heterocycles. The van der Waals surface area contributed by atoms with Crippen LogP contribution in [0.25, 0.3) is 6.08 Å². The molecule has 0 radical (unpaired) electrons. The van der Waals surface area contributed by atoms with E-state index in [0.717, 1.165) is 15.4 Å². The second-order valence-corrected chi connectivity index (χ2v) is 6.52. The summed E-state index contributed by atoms with van der Waals surface area (Å²) in [6.45, 7) is 3.99. The first-order valence-corrected chi connectivity index (χ1v) is 9.04. The molecule has 0 saturated carbocycles. The minimum atomic E-state index is -3.53. The molecular weight excluding hydrogens is 335 g/mol. The van der Waals surface area contributed by atoms with Crippen LogP contribution in [0.5, 0.6) is 0 Å². The van der Waals surface area contributed by atoms with Crippen molar-refractivity contribution in [3.8, 4) is 0 Å². The Hall–Kier alpha value is -0.0526. The molecule has 0 aliphatic carbocycles. The van der Waals surface area contributed by atoms with E-state index in [4.69, 9.17) is 0 Å². The van der Waals surface area contributed by atoms with Crippen LogP contribution in [0.15, 0.2) is 34.1 Å². The van der Waals surface area contributed by atoms with Gasteiger partial charge in [-0.2, -0.15) is 8.42 Å². The monoisotopic (exact) mass is 354 g/mol. The first kappa shape index (κ1) is 19.9. The van der Waals surface area contributed by atoms with Crippen LogP contribution in [0.3, 0.4) is 0 Å². The van der Waals surface area contributed by atoms with E-state index in [0.29, 0.717) is 0 Å². The van der Waals surface area contributed by atoms with Gasteiger partial charge in [-0.25, -0.2) is 0 Å². The van der Waals surface area contributed by atoms with Gasteiger partial charge in [0, 0.05) is 4.47 Å². The van der Waals surface area contributed by atoms with Gasteiger partial charge in [0.25, 0.3) is 10.1 Å². The molecule has 0 aromatic heterocycles. The summed E-state index contributed by atoms with van der Waals surface area (Å²) in [7, 11) is -3.53. The van der Waals surface area contributed by atoms with Crippen molar-refractivity contribution < 1.29 is 12.6 Å². The zero-order valence-electron chi connectivity index (χ0n) is 12.3. The Labute approximate surface area is 140 Å². The first-order chi connectivity index (χ1) is 9.45. The maximum absolute atomic E-state index is 11.2. The first-order valence-electron chi connectivity index (χ1n) is 6.78. The van der Waals surface area contributed by atoms with Crippen LogP contribution in [0.2, 0.25) is 5.09 Å².